The Morgan fingerprint density at radius 2 is 1.91 bits per heavy atom. The minimum absolute atomic E-state index is 0.0474. The van der Waals surface area contributed by atoms with Gasteiger partial charge in [-0.15, -0.1) is 0 Å². The molecule has 0 fully saturated rings. The zero-order valence-corrected chi connectivity index (χ0v) is 14.2. The van der Waals surface area contributed by atoms with Crippen LogP contribution < -0.4 is 10.1 Å². The lowest BCUT2D eigenvalue weighted by atomic mass is 9.95. The number of carbonyl (C=O) groups excluding carboxylic acids is 1. The van der Waals surface area contributed by atoms with E-state index in [1.54, 1.807) is 0 Å². The standard InChI is InChI=1S/C18H17Cl2NO2/c1-11(22)21-10-13-9-8-12-4-2-5-14(18(12)23-13)17-15(19)6-3-7-16(17)20/h2-7,13H,8-10H2,1H3,(H,21,22). The molecule has 0 saturated heterocycles. The lowest BCUT2D eigenvalue weighted by molar-refractivity contribution is -0.119. The summed E-state index contributed by atoms with van der Waals surface area (Å²) in [6.07, 6.45) is 1.72. The number of amides is 1. The van der Waals surface area contributed by atoms with Crippen LogP contribution in [-0.4, -0.2) is 18.6 Å². The van der Waals surface area contributed by atoms with Crippen LogP contribution in [0.25, 0.3) is 11.1 Å². The highest BCUT2D eigenvalue weighted by molar-refractivity contribution is 6.39. The maximum absolute atomic E-state index is 11.1. The van der Waals surface area contributed by atoms with Crippen LogP contribution >= 0.6 is 23.2 Å². The fourth-order valence-electron chi connectivity index (χ4n) is 2.82. The molecule has 1 N–H and O–H groups in total. The molecule has 1 unspecified atom stereocenters. The van der Waals surface area contributed by atoms with Crippen molar-refractivity contribution >= 4 is 29.1 Å². The number of carbonyl (C=O) groups is 1. The molecular formula is C18H17Cl2NO2. The van der Waals surface area contributed by atoms with Gasteiger partial charge in [-0.1, -0.05) is 47.5 Å². The molecule has 0 aliphatic carbocycles. The Morgan fingerprint density at radius 3 is 2.61 bits per heavy atom. The van der Waals surface area contributed by atoms with Crippen molar-refractivity contribution in [3.8, 4) is 16.9 Å². The third-order valence-corrected chi connectivity index (χ3v) is 4.56. The highest BCUT2D eigenvalue weighted by Gasteiger charge is 2.24. The number of nitrogens with one attached hydrogen (secondary N) is 1. The zero-order chi connectivity index (χ0) is 16.4. The van der Waals surface area contributed by atoms with Crippen LogP contribution in [0.4, 0.5) is 0 Å². The predicted octanol–water partition coefficient (Wildman–Crippen LogP) is 4.49. The van der Waals surface area contributed by atoms with E-state index in [0.717, 1.165) is 35.3 Å². The number of aryl methyl sites for hydroxylation is 1. The summed E-state index contributed by atoms with van der Waals surface area (Å²) in [6, 6.07) is 11.5. The quantitative estimate of drug-likeness (QED) is 0.886. The molecule has 0 bridgehead atoms. The topological polar surface area (TPSA) is 38.3 Å². The zero-order valence-electron chi connectivity index (χ0n) is 12.7. The van der Waals surface area contributed by atoms with Gasteiger partial charge in [0, 0.05) is 18.1 Å². The second kappa shape index (κ2) is 6.81. The van der Waals surface area contributed by atoms with Gasteiger partial charge in [-0.2, -0.15) is 0 Å². The van der Waals surface area contributed by atoms with Gasteiger partial charge in [0.25, 0.3) is 0 Å². The first kappa shape index (κ1) is 16.2. The van der Waals surface area contributed by atoms with Gasteiger partial charge in [-0.25, -0.2) is 0 Å². The van der Waals surface area contributed by atoms with Crippen molar-refractivity contribution in [3.63, 3.8) is 0 Å². The summed E-state index contributed by atoms with van der Waals surface area (Å²) in [7, 11) is 0. The maximum atomic E-state index is 11.1. The molecule has 23 heavy (non-hydrogen) atoms. The van der Waals surface area contributed by atoms with Gasteiger partial charge >= 0.3 is 0 Å². The second-order valence-corrected chi connectivity index (χ2v) is 6.42. The van der Waals surface area contributed by atoms with Crippen LogP contribution in [0.2, 0.25) is 10.0 Å². The Hall–Kier alpha value is -1.71. The number of benzene rings is 2. The molecule has 0 spiro atoms. The van der Waals surface area contributed by atoms with Crippen molar-refractivity contribution in [2.24, 2.45) is 0 Å². The van der Waals surface area contributed by atoms with Crippen molar-refractivity contribution in [3.05, 3.63) is 52.0 Å². The molecule has 5 heteroatoms. The Balaban J connectivity index is 1.97. The van der Waals surface area contributed by atoms with Gasteiger partial charge < -0.3 is 10.1 Å². The number of hydrogen-bond donors (Lipinski definition) is 1. The molecule has 3 rings (SSSR count). The number of rotatable bonds is 3. The van der Waals surface area contributed by atoms with Crippen molar-refractivity contribution in [1.29, 1.82) is 0 Å². The van der Waals surface area contributed by atoms with Crippen LogP contribution in [0, 0.1) is 0 Å². The third-order valence-electron chi connectivity index (χ3n) is 3.93. The summed E-state index contributed by atoms with van der Waals surface area (Å²) in [4.78, 5) is 11.1. The molecule has 1 aliphatic rings. The minimum Gasteiger partial charge on any atom is -0.488 e. The van der Waals surface area contributed by atoms with Crippen LogP contribution in [0.3, 0.4) is 0 Å². The highest BCUT2D eigenvalue weighted by Crippen LogP contribution is 2.43. The normalized spacial score (nSPS) is 16.4. The Bertz CT molecular complexity index is 726. The SMILES string of the molecule is CC(=O)NCC1CCc2cccc(-c3c(Cl)cccc3Cl)c2O1. The Kier molecular flexibility index (Phi) is 4.79. The number of halogens is 2. The molecule has 0 radical (unpaired) electrons. The van der Waals surface area contributed by atoms with Crippen molar-refractivity contribution < 1.29 is 9.53 Å². The molecule has 1 atom stereocenters. The molecule has 1 amide bonds. The second-order valence-electron chi connectivity index (χ2n) is 5.61. The molecule has 0 saturated carbocycles. The van der Waals surface area contributed by atoms with E-state index in [1.165, 1.54) is 6.92 Å². The van der Waals surface area contributed by atoms with E-state index in [9.17, 15) is 4.79 Å². The first-order valence-electron chi connectivity index (χ1n) is 7.53. The number of para-hydroxylation sites is 1. The van der Waals surface area contributed by atoms with Gasteiger partial charge in [-0.3, -0.25) is 4.79 Å². The first-order valence-corrected chi connectivity index (χ1v) is 8.29. The molecule has 1 aliphatic heterocycles. The van der Waals surface area contributed by atoms with E-state index in [4.69, 9.17) is 27.9 Å². The van der Waals surface area contributed by atoms with Crippen molar-refractivity contribution in [2.75, 3.05) is 6.54 Å². The number of fused-ring (bicyclic) bond motifs is 1. The van der Waals surface area contributed by atoms with Crippen LogP contribution in [0.1, 0.15) is 18.9 Å². The van der Waals surface area contributed by atoms with Gasteiger partial charge in [0.2, 0.25) is 5.91 Å². The van der Waals surface area contributed by atoms with E-state index in [-0.39, 0.29) is 12.0 Å². The summed E-state index contributed by atoms with van der Waals surface area (Å²) < 4.78 is 6.15. The lowest BCUT2D eigenvalue weighted by Gasteiger charge is -2.28. The highest BCUT2D eigenvalue weighted by atomic mass is 35.5. The molecule has 1 heterocycles. The number of ether oxygens (including phenoxy) is 1. The summed E-state index contributed by atoms with van der Waals surface area (Å²) in [5, 5.41) is 4.00. The average Bonchev–Trinajstić information content (AvgIpc) is 2.53. The summed E-state index contributed by atoms with van der Waals surface area (Å²) >= 11 is 12.7. The molecular weight excluding hydrogens is 333 g/mol. The van der Waals surface area contributed by atoms with Crippen LogP contribution in [0.15, 0.2) is 36.4 Å². The van der Waals surface area contributed by atoms with E-state index in [0.29, 0.717) is 16.6 Å². The fourth-order valence-corrected chi connectivity index (χ4v) is 3.42. The minimum atomic E-state index is -0.0539. The van der Waals surface area contributed by atoms with Crippen molar-refractivity contribution in [2.45, 2.75) is 25.9 Å². The largest absolute Gasteiger partial charge is 0.488 e. The molecule has 2 aromatic rings. The lowest BCUT2D eigenvalue weighted by Crippen LogP contribution is -2.36. The van der Waals surface area contributed by atoms with Gasteiger partial charge in [-0.05, 0) is 30.5 Å². The third kappa shape index (κ3) is 3.46. The molecule has 0 aromatic heterocycles. The summed E-state index contributed by atoms with van der Waals surface area (Å²) in [6.45, 7) is 2.01. The maximum Gasteiger partial charge on any atom is 0.217 e. The van der Waals surface area contributed by atoms with Gasteiger partial charge in [0.1, 0.15) is 11.9 Å². The first-order chi connectivity index (χ1) is 11.1. The van der Waals surface area contributed by atoms with E-state index in [2.05, 4.69) is 11.4 Å². The Labute approximate surface area is 145 Å². The number of hydrogen-bond acceptors (Lipinski definition) is 2. The predicted molar refractivity (Wildman–Crippen MR) is 93.3 cm³/mol. The molecule has 2 aromatic carbocycles. The summed E-state index contributed by atoms with van der Waals surface area (Å²) in [5.41, 5.74) is 2.82. The van der Waals surface area contributed by atoms with Gasteiger partial charge in [0.15, 0.2) is 0 Å². The van der Waals surface area contributed by atoms with Crippen molar-refractivity contribution in [1.82, 2.24) is 5.32 Å². The molecule has 3 nitrogen and oxygen atoms in total. The van der Waals surface area contributed by atoms with Crippen LogP contribution in [-0.2, 0) is 11.2 Å². The average molecular weight is 350 g/mol. The van der Waals surface area contributed by atoms with E-state index < -0.39 is 0 Å². The van der Waals surface area contributed by atoms with Gasteiger partial charge in [0.05, 0.1) is 16.6 Å². The fraction of sp³-hybridized carbons (Fsp3) is 0.278. The monoisotopic (exact) mass is 349 g/mol. The van der Waals surface area contributed by atoms with E-state index in [1.807, 2.05) is 30.3 Å². The Morgan fingerprint density at radius 1 is 1.22 bits per heavy atom. The molecule has 120 valence electrons. The van der Waals surface area contributed by atoms with Crippen LogP contribution in [0.5, 0.6) is 5.75 Å². The summed E-state index contributed by atoms with van der Waals surface area (Å²) in [5.74, 6) is 0.755. The smallest absolute Gasteiger partial charge is 0.217 e. The van der Waals surface area contributed by atoms with E-state index >= 15 is 0 Å².